The lowest BCUT2D eigenvalue weighted by molar-refractivity contribution is 0.164. The summed E-state index contributed by atoms with van der Waals surface area (Å²) in [6.07, 6.45) is 7.53. The van der Waals surface area contributed by atoms with Gasteiger partial charge in [0.05, 0.1) is 6.04 Å². The van der Waals surface area contributed by atoms with Gasteiger partial charge in [-0.1, -0.05) is 0 Å². The van der Waals surface area contributed by atoms with E-state index in [-0.39, 0.29) is 18.1 Å². The topological polar surface area (TPSA) is 63.1 Å². The molecule has 3 heterocycles. The van der Waals surface area contributed by atoms with E-state index in [9.17, 15) is 4.79 Å². The lowest BCUT2D eigenvalue weighted by Gasteiger charge is -2.35. The van der Waals surface area contributed by atoms with E-state index in [0.717, 1.165) is 36.5 Å². The predicted octanol–water partition coefficient (Wildman–Crippen LogP) is 3.01. The number of imidazole rings is 1. The molecular formula is C18H25N5O. The van der Waals surface area contributed by atoms with E-state index in [1.165, 1.54) is 0 Å². The first-order valence-corrected chi connectivity index (χ1v) is 8.56. The third-order valence-corrected chi connectivity index (χ3v) is 4.38. The Balaban J connectivity index is 1.84. The zero-order chi connectivity index (χ0) is 17.1. The number of hydrogen-bond donors (Lipinski definition) is 1. The summed E-state index contributed by atoms with van der Waals surface area (Å²) in [6, 6.07) is 4.38. The van der Waals surface area contributed by atoms with Crippen molar-refractivity contribution in [3.8, 4) is 11.4 Å². The second-order valence-corrected chi connectivity index (χ2v) is 6.68. The average Bonchev–Trinajstić information content (AvgIpc) is 2.97. The van der Waals surface area contributed by atoms with Crippen molar-refractivity contribution < 1.29 is 4.79 Å². The maximum absolute atomic E-state index is 12.3. The molecule has 128 valence electrons. The highest BCUT2D eigenvalue weighted by molar-refractivity contribution is 5.74. The first-order chi connectivity index (χ1) is 11.6. The van der Waals surface area contributed by atoms with E-state index < -0.39 is 0 Å². The Hall–Kier alpha value is -2.37. The monoisotopic (exact) mass is 327 g/mol. The standard InChI is InChI=1S/C18H25N5O/c1-13(2)21-18(24)22-10-4-5-16(12-22)23-14(3)11-20-17(23)15-6-8-19-9-7-15/h6-9,11,13,16H,4-5,10,12H2,1-3H3,(H,21,24). The van der Waals surface area contributed by atoms with Crippen LogP contribution in [0.5, 0.6) is 0 Å². The molecule has 1 aliphatic rings. The van der Waals surface area contributed by atoms with Crippen LogP contribution >= 0.6 is 0 Å². The highest BCUT2D eigenvalue weighted by Gasteiger charge is 2.27. The Bertz CT molecular complexity index is 695. The molecular weight excluding hydrogens is 302 g/mol. The van der Waals surface area contributed by atoms with Crippen LogP contribution in [0, 0.1) is 6.92 Å². The number of hydrogen-bond acceptors (Lipinski definition) is 3. The fourth-order valence-electron chi connectivity index (χ4n) is 3.31. The molecule has 0 aromatic carbocycles. The van der Waals surface area contributed by atoms with Gasteiger partial charge in [0, 0.05) is 49.0 Å². The molecule has 0 spiro atoms. The number of likely N-dealkylation sites (tertiary alicyclic amines) is 1. The third-order valence-electron chi connectivity index (χ3n) is 4.38. The van der Waals surface area contributed by atoms with Crippen LogP contribution in [0.2, 0.25) is 0 Å². The van der Waals surface area contributed by atoms with Gasteiger partial charge in [-0.05, 0) is 45.7 Å². The first-order valence-electron chi connectivity index (χ1n) is 8.56. The molecule has 3 rings (SSSR count). The zero-order valence-electron chi connectivity index (χ0n) is 14.6. The number of piperidine rings is 1. The molecule has 1 unspecified atom stereocenters. The Morgan fingerprint density at radius 3 is 2.79 bits per heavy atom. The number of nitrogens with one attached hydrogen (secondary N) is 1. The second kappa shape index (κ2) is 7.03. The van der Waals surface area contributed by atoms with Crippen molar-refractivity contribution in [3.63, 3.8) is 0 Å². The third kappa shape index (κ3) is 3.42. The van der Waals surface area contributed by atoms with Gasteiger partial charge in [-0.15, -0.1) is 0 Å². The summed E-state index contributed by atoms with van der Waals surface area (Å²) in [7, 11) is 0. The molecule has 1 atom stereocenters. The number of nitrogens with zero attached hydrogens (tertiary/aromatic N) is 4. The average molecular weight is 327 g/mol. The van der Waals surface area contributed by atoms with Crippen molar-refractivity contribution in [3.05, 3.63) is 36.4 Å². The summed E-state index contributed by atoms with van der Waals surface area (Å²) >= 11 is 0. The molecule has 6 heteroatoms. The maximum Gasteiger partial charge on any atom is 0.317 e. The van der Waals surface area contributed by atoms with Gasteiger partial charge in [-0.2, -0.15) is 0 Å². The highest BCUT2D eigenvalue weighted by Crippen LogP contribution is 2.29. The minimum Gasteiger partial charge on any atom is -0.336 e. The Labute approximate surface area is 142 Å². The minimum atomic E-state index is 0.0259. The summed E-state index contributed by atoms with van der Waals surface area (Å²) in [6.45, 7) is 7.58. The molecule has 24 heavy (non-hydrogen) atoms. The van der Waals surface area contributed by atoms with E-state index in [0.29, 0.717) is 6.54 Å². The summed E-state index contributed by atoms with van der Waals surface area (Å²) < 4.78 is 2.27. The fourth-order valence-corrected chi connectivity index (χ4v) is 3.31. The molecule has 6 nitrogen and oxygen atoms in total. The maximum atomic E-state index is 12.3. The van der Waals surface area contributed by atoms with Crippen molar-refractivity contribution >= 4 is 6.03 Å². The van der Waals surface area contributed by atoms with Gasteiger partial charge < -0.3 is 14.8 Å². The number of carbonyl (C=O) groups excluding carboxylic acids is 1. The van der Waals surface area contributed by atoms with Crippen LogP contribution in [-0.2, 0) is 0 Å². The number of urea groups is 1. The van der Waals surface area contributed by atoms with Gasteiger partial charge >= 0.3 is 6.03 Å². The molecule has 0 bridgehead atoms. The van der Waals surface area contributed by atoms with Gasteiger partial charge in [0.25, 0.3) is 0 Å². The lowest BCUT2D eigenvalue weighted by Crippen LogP contribution is -2.47. The zero-order valence-corrected chi connectivity index (χ0v) is 14.6. The largest absolute Gasteiger partial charge is 0.336 e. The van der Waals surface area contributed by atoms with E-state index in [1.807, 2.05) is 37.1 Å². The lowest BCUT2D eigenvalue weighted by atomic mass is 10.0. The number of amides is 2. The smallest absolute Gasteiger partial charge is 0.317 e. The van der Waals surface area contributed by atoms with Crippen LogP contribution in [0.4, 0.5) is 4.79 Å². The fraction of sp³-hybridized carbons (Fsp3) is 0.500. The SMILES string of the molecule is Cc1cnc(-c2ccncc2)n1C1CCCN(C(=O)NC(C)C)C1. The Kier molecular flexibility index (Phi) is 4.83. The van der Waals surface area contributed by atoms with Gasteiger partial charge in [0.1, 0.15) is 5.82 Å². The van der Waals surface area contributed by atoms with Crippen molar-refractivity contribution in [2.75, 3.05) is 13.1 Å². The van der Waals surface area contributed by atoms with Crippen LogP contribution in [0.25, 0.3) is 11.4 Å². The molecule has 2 aromatic rings. The quantitative estimate of drug-likeness (QED) is 0.942. The normalized spacial score (nSPS) is 18.0. The van der Waals surface area contributed by atoms with Crippen molar-refractivity contribution in [2.45, 2.75) is 45.7 Å². The molecule has 0 aliphatic carbocycles. The number of aryl methyl sites for hydroxylation is 1. The number of carbonyl (C=O) groups is 1. The van der Waals surface area contributed by atoms with Gasteiger partial charge in [0.15, 0.2) is 0 Å². The molecule has 1 saturated heterocycles. The molecule has 2 amide bonds. The summed E-state index contributed by atoms with van der Waals surface area (Å²) in [4.78, 5) is 22.9. The van der Waals surface area contributed by atoms with Crippen molar-refractivity contribution in [1.82, 2.24) is 24.8 Å². The number of aromatic nitrogens is 3. The Morgan fingerprint density at radius 1 is 1.33 bits per heavy atom. The number of rotatable bonds is 3. The summed E-state index contributed by atoms with van der Waals surface area (Å²) in [5.41, 5.74) is 2.18. The van der Waals surface area contributed by atoms with Crippen molar-refractivity contribution in [1.29, 1.82) is 0 Å². The number of pyridine rings is 1. The van der Waals surface area contributed by atoms with Crippen LogP contribution in [0.15, 0.2) is 30.7 Å². The van der Waals surface area contributed by atoms with Crippen LogP contribution in [0.3, 0.4) is 0 Å². The van der Waals surface area contributed by atoms with Gasteiger partial charge in [0.2, 0.25) is 0 Å². The molecule has 1 N–H and O–H groups in total. The summed E-state index contributed by atoms with van der Waals surface area (Å²) in [5.74, 6) is 0.950. The molecule has 0 radical (unpaired) electrons. The Morgan fingerprint density at radius 2 is 2.08 bits per heavy atom. The predicted molar refractivity (Wildman–Crippen MR) is 93.7 cm³/mol. The van der Waals surface area contributed by atoms with Crippen LogP contribution in [-0.4, -0.2) is 44.6 Å². The minimum absolute atomic E-state index is 0.0259. The van der Waals surface area contributed by atoms with E-state index in [1.54, 1.807) is 12.4 Å². The van der Waals surface area contributed by atoms with E-state index in [4.69, 9.17) is 0 Å². The van der Waals surface area contributed by atoms with Crippen LogP contribution in [0.1, 0.15) is 38.4 Å². The molecule has 0 saturated carbocycles. The van der Waals surface area contributed by atoms with E-state index >= 15 is 0 Å². The van der Waals surface area contributed by atoms with Crippen LogP contribution < -0.4 is 5.32 Å². The van der Waals surface area contributed by atoms with Crippen molar-refractivity contribution in [2.24, 2.45) is 0 Å². The van der Waals surface area contributed by atoms with Gasteiger partial charge in [-0.3, -0.25) is 4.98 Å². The molecule has 1 aliphatic heterocycles. The summed E-state index contributed by atoms with van der Waals surface area (Å²) in [5, 5.41) is 2.99. The van der Waals surface area contributed by atoms with E-state index in [2.05, 4.69) is 26.8 Å². The highest BCUT2D eigenvalue weighted by atomic mass is 16.2. The first kappa shape index (κ1) is 16.5. The second-order valence-electron chi connectivity index (χ2n) is 6.68. The van der Waals surface area contributed by atoms with Gasteiger partial charge in [-0.25, -0.2) is 9.78 Å². The molecule has 2 aromatic heterocycles. The molecule has 1 fully saturated rings.